The van der Waals surface area contributed by atoms with E-state index >= 15 is 0 Å². The Labute approximate surface area is 163 Å². The van der Waals surface area contributed by atoms with Crippen LogP contribution in [-0.4, -0.2) is 36.4 Å². The molecule has 23 heavy (non-hydrogen) atoms. The second-order valence-electron chi connectivity index (χ2n) is 4.67. The van der Waals surface area contributed by atoms with Crippen LogP contribution in [-0.2, 0) is 0 Å². The van der Waals surface area contributed by atoms with Crippen LogP contribution >= 0.6 is 57.4 Å². The third kappa shape index (κ3) is 3.47. The highest BCUT2D eigenvalue weighted by molar-refractivity contribution is 14.1. The van der Waals surface area contributed by atoms with Crippen molar-refractivity contribution >= 4 is 63.6 Å². The van der Waals surface area contributed by atoms with Gasteiger partial charge in [-0.3, -0.25) is 5.10 Å². The third-order valence-electron chi connectivity index (χ3n) is 2.96. The Morgan fingerprint density at radius 1 is 1.26 bits per heavy atom. The lowest BCUT2D eigenvalue weighted by atomic mass is 10.2. The molecule has 0 radical (unpaired) electrons. The van der Waals surface area contributed by atoms with Crippen molar-refractivity contribution in [1.82, 2.24) is 25.1 Å². The van der Waals surface area contributed by atoms with Crippen molar-refractivity contribution < 1.29 is 5.11 Å². The summed E-state index contributed by atoms with van der Waals surface area (Å²) in [5.41, 5.74) is 2.15. The minimum absolute atomic E-state index is 0.182. The number of rotatable bonds is 3. The number of aromatic amines is 2. The number of phenolic OH excluding ortho intramolecular Hbond substituents is 1. The zero-order chi connectivity index (χ0) is 16.6. The summed E-state index contributed by atoms with van der Waals surface area (Å²) in [6, 6.07) is 5.57. The molecule has 0 aliphatic carbocycles. The highest BCUT2D eigenvalue weighted by Crippen LogP contribution is 2.26. The fraction of sp³-hybridized carbons (Fsp3) is 0.0769. The molecule has 0 amide bonds. The predicted octanol–water partition coefficient (Wildman–Crippen LogP) is 3.44. The summed E-state index contributed by atoms with van der Waals surface area (Å²) >= 11 is 9.47. The second-order valence-corrected chi connectivity index (χ2v) is 7.46. The Morgan fingerprint density at radius 2 is 2.04 bits per heavy atom. The van der Waals surface area contributed by atoms with Gasteiger partial charge in [-0.2, -0.15) is 20.0 Å². The summed E-state index contributed by atoms with van der Waals surface area (Å²) in [6.45, 7) is 1.90. The fourth-order valence-corrected chi connectivity index (χ4v) is 3.97. The minimum atomic E-state index is 0.182. The molecule has 118 valence electrons. The lowest BCUT2D eigenvalue weighted by Crippen LogP contribution is -1.96. The Kier molecular flexibility index (Phi) is 4.82. The minimum Gasteiger partial charge on any atom is -0.506 e. The number of phenols is 1. The third-order valence-corrected chi connectivity index (χ3v) is 4.66. The predicted molar refractivity (Wildman–Crippen MR) is 106 cm³/mol. The zero-order valence-corrected chi connectivity index (χ0v) is 16.8. The number of aryl methyl sites for hydroxylation is 1. The quantitative estimate of drug-likeness (QED) is 0.264. The Balaban J connectivity index is 2.04. The van der Waals surface area contributed by atoms with Gasteiger partial charge in [-0.1, -0.05) is 0 Å². The lowest BCUT2D eigenvalue weighted by molar-refractivity contribution is 0.470. The van der Waals surface area contributed by atoms with Gasteiger partial charge in [0.1, 0.15) is 11.4 Å². The van der Waals surface area contributed by atoms with Crippen LogP contribution in [0.2, 0.25) is 0 Å². The highest BCUT2D eigenvalue weighted by Gasteiger charge is 2.11. The molecule has 0 unspecified atom stereocenters. The van der Waals surface area contributed by atoms with Crippen LogP contribution in [0.25, 0.3) is 11.5 Å². The first-order chi connectivity index (χ1) is 11.0. The number of hydrogen-bond donors (Lipinski definition) is 3. The van der Waals surface area contributed by atoms with Crippen LogP contribution in [0, 0.1) is 18.8 Å². The van der Waals surface area contributed by atoms with Gasteiger partial charge in [-0.15, -0.1) is 0 Å². The first kappa shape index (κ1) is 16.6. The molecule has 2 heterocycles. The van der Waals surface area contributed by atoms with Crippen LogP contribution in [0.5, 0.6) is 5.75 Å². The Hall–Kier alpha value is -1.28. The average molecular weight is 552 g/mol. The number of aromatic hydroxyl groups is 1. The van der Waals surface area contributed by atoms with Gasteiger partial charge in [0.05, 0.1) is 9.78 Å². The van der Waals surface area contributed by atoms with E-state index < -0.39 is 0 Å². The molecule has 3 rings (SSSR count). The smallest absolute Gasteiger partial charge is 0.216 e. The van der Waals surface area contributed by atoms with Gasteiger partial charge in [-0.25, -0.2) is 5.10 Å². The van der Waals surface area contributed by atoms with Crippen LogP contribution in [0.1, 0.15) is 11.3 Å². The lowest BCUT2D eigenvalue weighted by Gasteiger charge is -2.03. The van der Waals surface area contributed by atoms with Gasteiger partial charge in [-0.05, 0) is 82.5 Å². The molecule has 0 saturated carbocycles. The number of halogens is 2. The molecule has 0 spiro atoms. The number of H-pyrrole nitrogens is 2. The normalized spacial score (nSPS) is 11.4. The number of nitrogens with one attached hydrogen (secondary N) is 2. The van der Waals surface area contributed by atoms with E-state index in [9.17, 15) is 5.11 Å². The molecule has 7 nitrogen and oxygen atoms in total. The van der Waals surface area contributed by atoms with Crippen LogP contribution in [0.15, 0.2) is 23.3 Å². The van der Waals surface area contributed by atoms with E-state index in [1.54, 1.807) is 6.21 Å². The Bertz CT molecular complexity index is 958. The summed E-state index contributed by atoms with van der Waals surface area (Å²) in [4.78, 5) is 0. The number of nitrogens with zero attached hydrogens (tertiary/aromatic N) is 4. The summed E-state index contributed by atoms with van der Waals surface area (Å²) in [7, 11) is 0. The molecule has 3 N–H and O–H groups in total. The number of benzene rings is 1. The molecule has 0 aliphatic rings. The van der Waals surface area contributed by atoms with Gasteiger partial charge >= 0.3 is 0 Å². The van der Waals surface area contributed by atoms with Gasteiger partial charge in [0.25, 0.3) is 0 Å². The van der Waals surface area contributed by atoms with E-state index in [-0.39, 0.29) is 5.75 Å². The van der Waals surface area contributed by atoms with Crippen molar-refractivity contribution in [2.75, 3.05) is 0 Å². The molecule has 1 aromatic carbocycles. The van der Waals surface area contributed by atoms with Crippen molar-refractivity contribution in [3.05, 3.63) is 41.4 Å². The topological polar surface area (TPSA) is 94.9 Å². The maximum atomic E-state index is 10.1. The van der Waals surface area contributed by atoms with Crippen molar-refractivity contribution in [3.63, 3.8) is 0 Å². The highest BCUT2D eigenvalue weighted by atomic mass is 127. The maximum Gasteiger partial charge on any atom is 0.216 e. The molecule has 2 aromatic heterocycles. The zero-order valence-electron chi connectivity index (χ0n) is 11.7. The average Bonchev–Trinajstić information content (AvgIpc) is 3.07. The molecular weight excluding hydrogens is 542 g/mol. The monoisotopic (exact) mass is 552 g/mol. The number of aromatic nitrogens is 5. The molecule has 0 atom stereocenters. The van der Waals surface area contributed by atoms with Crippen molar-refractivity contribution in [2.24, 2.45) is 5.10 Å². The first-order valence-corrected chi connectivity index (χ1v) is 8.94. The summed E-state index contributed by atoms with van der Waals surface area (Å²) < 4.78 is 3.58. The first-order valence-electron chi connectivity index (χ1n) is 6.38. The largest absolute Gasteiger partial charge is 0.506 e. The van der Waals surface area contributed by atoms with E-state index in [4.69, 9.17) is 12.2 Å². The van der Waals surface area contributed by atoms with Gasteiger partial charge in [0.2, 0.25) is 10.6 Å². The molecule has 3 aromatic rings. The molecule has 0 fully saturated rings. The molecule has 0 aliphatic heterocycles. The van der Waals surface area contributed by atoms with Gasteiger partial charge in [0, 0.05) is 14.8 Å². The van der Waals surface area contributed by atoms with E-state index in [1.807, 2.05) is 25.1 Å². The second kappa shape index (κ2) is 6.68. The van der Waals surface area contributed by atoms with Crippen LogP contribution in [0.3, 0.4) is 0 Å². The fourth-order valence-electron chi connectivity index (χ4n) is 1.90. The summed E-state index contributed by atoms with van der Waals surface area (Å²) in [6.07, 6.45) is 1.55. The van der Waals surface area contributed by atoms with Crippen molar-refractivity contribution in [2.45, 2.75) is 6.92 Å². The Morgan fingerprint density at radius 3 is 2.74 bits per heavy atom. The summed E-state index contributed by atoms with van der Waals surface area (Å²) in [5, 5.41) is 28.3. The van der Waals surface area contributed by atoms with Crippen molar-refractivity contribution in [3.8, 4) is 17.3 Å². The van der Waals surface area contributed by atoms with E-state index in [2.05, 4.69) is 70.7 Å². The van der Waals surface area contributed by atoms with Gasteiger partial charge in [0.15, 0.2) is 0 Å². The summed E-state index contributed by atoms with van der Waals surface area (Å²) in [5.74, 6) is 0.678. The molecule has 10 heteroatoms. The molecular formula is C13H10I2N6OS. The van der Waals surface area contributed by atoms with E-state index in [0.717, 1.165) is 12.8 Å². The van der Waals surface area contributed by atoms with Crippen molar-refractivity contribution in [1.29, 1.82) is 0 Å². The SMILES string of the molecule is Cc1cc(-c2n[nH]c(=S)n2/N=C/c2cc(I)cc(I)c2O)n[nH]1. The van der Waals surface area contributed by atoms with Crippen LogP contribution < -0.4 is 0 Å². The van der Waals surface area contributed by atoms with E-state index in [0.29, 0.717) is 21.9 Å². The molecule has 0 saturated heterocycles. The van der Waals surface area contributed by atoms with Crippen LogP contribution in [0.4, 0.5) is 0 Å². The van der Waals surface area contributed by atoms with E-state index in [1.165, 1.54) is 4.68 Å². The standard InChI is InChI=1S/C13H10I2N6OS/c1-6-2-10(18-17-6)12-19-20-13(23)21(12)16-5-7-3-8(14)4-9(15)11(7)22/h2-5,22H,1H3,(H,17,18)(H,20,23)/b16-5+. The van der Waals surface area contributed by atoms with Gasteiger partial charge < -0.3 is 5.11 Å². The maximum absolute atomic E-state index is 10.1. The number of hydrogen-bond acceptors (Lipinski definition) is 5. The molecule has 0 bridgehead atoms.